The average Bonchev–Trinajstić information content (AvgIpc) is 2.60. The van der Waals surface area contributed by atoms with Crippen LogP contribution in [-0.4, -0.2) is 24.2 Å². The summed E-state index contributed by atoms with van der Waals surface area (Å²) in [5.74, 6) is -1.18. The van der Waals surface area contributed by atoms with Gasteiger partial charge in [-0.25, -0.2) is 4.39 Å². The van der Waals surface area contributed by atoms with E-state index in [1.165, 1.54) is 17.8 Å². The standard InChI is InChI=1S/C19H20FNO3S/c1-13-7-8-14(2)17(9-13)25-12-19(23)24-11-18(22)21-10-15-5-3-4-6-16(15)20/h3-9H,10-12H2,1-2H3,(H,21,22). The van der Waals surface area contributed by atoms with Gasteiger partial charge in [0, 0.05) is 17.0 Å². The lowest BCUT2D eigenvalue weighted by Gasteiger charge is -2.08. The molecule has 0 atom stereocenters. The van der Waals surface area contributed by atoms with Crippen LogP contribution in [0.4, 0.5) is 4.39 Å². The summed E-state index contributed by atoms with van der Waals surface area (Å²) in [5.41, 5.74) is 2.59. The lowest BCUT2D eigenvalue weighted by molar-refractivity contribution is -0.145. The SMILES string of the molecule is Cc1ccc(C)c(SCC(=O)OCC(=O)NCc2ccccc2F)c1. The van der Waals surface area contributed by atoms with E-state index in [2.05, 4.69) is 5.32 Å². The molecule has 0 aliphatic heterocycles. The van der Waals surface area contributed by atoms with Crippen molar-refractivity contribution in [1.82, 2.24) is 5.32 Å². The van der Waals surface area contributed by atoms with Gasteiger partial charge in [-0.05, 0) is 31.5 Å². The Kier molecular flexibility index (Phi) is 7.01. The predicted octanol–water partition coefficient (Wildman–Crippen LogP) is 3.39. The first-order chi connectivity index (χ1) is 12.0. The molecule has 6 heteroatoms. The van der Waals surface area contributed by atoms with Gasteiger partial charge >= 0.3 is 5.97 Å². The second-order valence-electron chi connectivity index (χ2n) is 5.59. The summed E-state index contributed by atoms with van der Waals surface area (Å²) in [5, 5.41) is 2.52. The molecule has 0 radical (unpaired) electrons. The first-order valence-electron chi connectivity index (χ1n) is 7.81. The molecule has 2 aromatic rings. The molecule has 0 aliphatic carbocycles. The Morgan fingerprint density at radius 2 is 1.92 bits per heavy atom. The molecule has 1 N–H and O–H groups in total. The Balaban J connectivity index is 1.71. The summed E-state index contributed by atoms with van der Waals surface area (Å²) in [6.45, 7) is 3.64. The van der Waals surface area contributed by atoms with Gasteiger partial charge in [-0.2, -0.15) is 0 Å². The molecule has 1 amide bonds. The van der Waals surface area contributed by atoms with Gasteiger partial charge < -0.3 is 10.1 Å². The molecule has 0 aliphatic rings. The Morgan fingerprint density at radius 3 is 2.68 bits per heavy atom. The largest absolute Gasteiger partial charge is 0.455 e. The maximum Gasteiger partial charge on any atom is 0.316 e. The normalized spacial score (nSPS) is 10.4. The quantitative estimate of drug-likeness (QED) is 0.607. The molecule has 0 saturated heterocycles. The highest BCUT2D eigenvalue weighted by Gasteiger charge is 2.10. The number of ether oxygens (including phenoxy) is 1. The molecular weight excluding hydrogens is 341 g/mol. The van der Waals surface area contributed by atoms with Crippen molar-refractivity contribution in [2.24, 2.45) is 0 Å². The molecule has 0 spiro atoms. The number of amides is 1. The third kappa shape index (κ3) is 6.23. The average molecular weight is 361 g/mol. The summed E-state index contributed by atoms with van der Waals surface area (Å²) in [6.07, 6.45) is 0. The highest BCUT2D eigenvalue weighted by molar-refractivity contribution is 8.00. The molecule has 0 heterocycles. The maximum absolute atomic E-state index is 13.4. The number of aryl methyl sites for hydroxylation is 2. The van der Waals surface area contributed by atoms with Crippen molar-refractivity contribution in [3.63, 3.8) is 0 Å². The van der Waals surface area contributed by atoms with E-state index >= 15 is 0 Å². The molecule has 0 aromatic heterocycles. The van der Waals surface area contributed by atoms with Gasteiger partial charge in [0.15, 0.2) is 6.61 Å². The van der Waals surface area contributed by atoms with Crippen LogP contribution in [0.1, 0.15) is 16.7 Å². The van der Waals surface area contributed by atoms with Gasteiger partial charge in [-0.15, -0.1) is 11.8 Å². The molecule has 0 bridgehead atoms. The summed E-state index contributed by atoms with van der Waals surface area (Å²) in [7, 11) is 0. The zero-order valence-electron chi connectivity index (χ0n) is 14.2. The van der Waals surface area contributed by atoms with Crippen molar-refractivity contribution in [1.29, 1.82) is 0 Å². The smallest absolute Gasteiger partial charge is 0.316 e. The van der Waals surface area contributed by atoms with Crippen molar-refractivity contribution >= 4 is 23.6 Å². The molecule has 0 unspecified atom stereocenters. The first kappa shape index (κ1) is 19.0. The fourth-order valence-corrected chi connectivity index (χ4v) is 3.00. The molecule has 2 aromatic carbocycles. The Bertz CT molecular complexity index is 764. The van der Waals surface area contributed by atoms with Crippen molar-refractivity contribution in [3.05, 3.63) is 65.0 Å². The van der Waals surface area contributed by atoms with Crippen LogP contribution in [0, 0.1) is 19.7 Å². The number of esters is 1. The molecule has 0 fully saturated rings. The van der Waals surface area contributed by atoms with Gasteiger partial charge in [0.2, 0.25) is 0 Å². The summed E-state index contributed by atoms with van der Waals surface area (Å²) in [4.78, 5) is 24.5. The van der Waals surface area contributed by atoms with E-state index in [0.717, 1.165) is 16.0 Å². The Hall–Kier alpha value is -2.34. The minimum absolute atomic E-state index is 0.0558. The van der Waals surface area contributed by atoms with Gasteiger partial charge in [-0.1, -0.05) is 35.9 Å². The number of nitrogens with one attached hydrogen (secondary N) is 1. The van der Waals surface area contributed by atoms with E-state index in [0.29, 0.717) is 5.56 Å². The zero-order valence-corrected chi connectivity index (χ0v) is 15.0. The van der Waals surface area contributed by atoms with E-state index in [4.69, 9.17) is 4.74 Å². The number of thioether (sulfide) groups is 1. The van der Waals surface area contributed by atoms with Crippen molar-refractivity contribution in [2.45, 2.75) is 25.3 Å². The zero-order chi connectivity index (χ0) is 18.2. The van der Waals surface area contributed by atoms with E-state index in [9.17, 15) is 14.0 Å². The molecule has 2 rings (SSSR count). The van der Waals surface area contributed by atoms with Crippen LogP contribution >= 0.6 is 11.8 Å². The van der Waals surface area contributed by atoms with Crippen LogP contribution in [0.25, 0.3) is 0 Å². The number of rotatable bonds is 7. The van der Waals surface area contributed by atoms with Crippen LogP contribution in [0.2, 0.25) is 0 Å². The number of carbonyl (C=O) groups excluding carboxylic acids is 2. The molecule has 4 nitrogen and oxygen atoms in total. The highest BCUT2D eigenvalue weighted by Crippen LogP contribution is 2.23. The third-order valence-electron chi connectivity index (χ3n) is 3.49. The van der Waals surface area contributed by atoms with Crippen molar-refractivity contribution in [2.75, 3.05) is 12.4 Å². The van der Waals surface area contributed by atoms with E-state index in [-0.39, 0.29) is 24.7 Å². The summed E-state index contributed by atoms with van der Waals surface area (Å²) in [6, 6.07) is 12.2. The van der Waals surface area contributed by atoms with Crippen molar-refractivity contribution in [3.8, 4) is 0 Å². The van der Waals surface area contributed by atoms with Gasteiger partial charge in [0.25, 0.3) is 5.91 Å². The van der Waals surface area contributed by atoms with Crippen LogP contribution in [0.5, 0.6) is 0 Å². The third-order valence-corrected chi connectivity index (χ3v) is 4.62. The second kappa shape index (κ2) is 9.22. The number of halogens is 1. The van der Waals surface area contributed by atoms with Gasteiger partial charge in [0.05, 0.1) is 5.75 Å². The van der Waals surface area contributed by atoms with Crippen LogP contribution in [0.15, 0.2) is 47.4 Å². The number of benzene rings is 2. The van der Waals surface area contributed by atoms with Crippen molar-refractivity contribution < 1.29 is 18.7 Å². The highest BCUT2D eigenvalue weighted by atomic mass is 32.2. The second-order valence-corrected chi connectivity index (χ2v) is 6.60. The van der Waals surface area contributed by atoms with Crippen LogP contribution in [0.3, 0.4) is 0 Å². The van der Waals surface area contributed by atoms with Gasteiger partial charge in [0.1, 0.15) is 5.82 Å². The minimum atomic E-state index is -0.466. The lowest BCUT2D eigenvalue weighted by atomic mass is 10.2. The fraction of sp³-hybridized carbons (Fsp3) is 0.263. The van der Waals surface area contributed by atoms with E-state index in [1.54, 1.807) is 18.2 Å². The number of hydrogen-bond acceptors (Lipinski definition) is 4. The Labute approximate surface area is 150 Å². The monoisotopic (exact) mass is 361 g/mol. The topological polar surface area (TPSA) is 55.4 Å². The maximum atomic E-state index is 13.4. The molecule has 132 valence electrons. The molecule has 25 heavy (non-hydrogen) atoms. The minimum Gasteiger partial charge on any atom is -0.455 e. The predicted molar refractivity (Wildman–Crippen MR) is 95.8 cm³/mol. The summed E-state index contributed by atoms with van der Waals surface area (Å²) >= 11 is 1.38. The molecular formula is C19H20FNO3S. The van der Waals surface area contributed by atoms with E-state index < -0.39 is 11.9 Å². The number of carbonyl (C=O) groups is 2. The van der Waals surface area contributed by atoms with Gasteiger partial charge in [-0.3, -0.25) is 9.59 Å². The number of hydrogen-bond donors (Lipinski definition) is 1. The first-order valence-corrected chi connectivity index (χ1v) is 8.80. The van der Waals surface area contributed by atoms with Crippen LogP contribution < -0.4 is 5.32 Å². The fourth-order valence-electron chi connectivity index (χ4n) is 2.07. The van der Waals surface area contributed by atoms with E-state index in [1.807, 2.05) is 32.0 Å². The molecule has 0 saturated carbocycles. The Morgan fingerprint density at radius 1 is 1.16 bits per heavy atom. The lowest BCUT2D eigenvalue weighted by Crippen LogP contribution is -2.29. The summed E-state index contributed by atoms with van der Waals surface area (Å²) < 4.78 is 18.4. The van der Waals surface area contributed by atoms with Crippen LogP contribution in [-0.2, 0) is 20.9 Å².